The quantitative estimate of drug-likeness (QED) is 0.899. The van der Waals surface area contributed by atoms with Crippen LogP contribution in [0.4, 0.5) is 0 Å². The monoisotopic (exact) mass is 313 g/mol. The first kappa shape index (κ1) is 14.3. The molecule has 23 heavy (non-hydrogen) atoms. The molecule has 2 saturated heterocycles. The van der Waals surface area contributed by atoms with Crippen molar-refractivity contribution in [3.8, 4) is 11.4 Å². The van der Waals surface area contributed by atoms with Crippen LogP contribution in [-0.2, 0) is 4.74 Å². The molecule has 2 aliphatic rings. The predicted molar refractivity (Wildman–Crippen MR) is 83.9 cm³/mol. The molecule has 1 N–H and O–H groups in total. The Balaban J connectivity index is 1.36. The van der Waals surface area contributed by atoms with Gasteiger partial charge in [-0.3, -0.25) is 14.8 Å². The number of carbonyl (C=O) groups is 1. The molecule has 0 spiro atoms. The highest BCUT2D eigenvalue weighted by Gasteiger charge is 2.35. The zero-order valence-electron chi connectivity index (χ0n) is 12.8. The van der Waals surface area contributed by atoms with Gasteiger partial charge in [-0.05, 0) is 12.1 Å². The lowest BCUT2D eigenvalue weighted by atomic mass is 10.0. The number of hydrogen-bond acceptors (Lipinski definition) is 5. The smallest absolute Gasteiger partial charge is 0.253 e. The summed E-state index contributed by atoms with van der Waals surface area (Å²) in [6.45, 7) is 5.16. The van der Waals surface area contributed by atoms with Crippen molar-refractivity contribution >= 4 is 5.91 Å². The lowest BCUT2D eigenvalue weighted by Crippen LogP contribution is -2.62. The zero-order chi connectivity index (χ0) is 15.6. The van der Waals surface area contributed by atoms with Crippen molar-refractivity contribution in [2.75, 3.05) is 39.4 Å². The number of hydrogen-bond donors (Lipinski definition) is 1. The van der Waals surface area contributed by atoms with E-state index in [1.54, 1.807) is 0 Å². The van der Waals surface area contributed by atoms with E-state index in [1.165, 1.54) is 6.33 Å². The van der Waals surface area contributed by atoms with Gasteiger partial charge in [0.15, 0.2) is 5.82 Å². The van der Waals surface area contributed by atoms with Gasteiger partial charge in [0.2, 0.25) is 0 Å². The second kappa shape index (κ2) is 6.10. The Morgan fingerprint density at radius 3 is 2.57 bits per heavy atom. The summed E-state index contributed by atoms with van der Waals surface area (Å²) in [5.41, 5.74) is 1.64. The van der Waals surface area contributed by atoms with Crippen LogP contribution in [0.2, 0.25) is 0 Å². The molecule has 0 unspecified atom stereocenters. The van der Waals surface area contributed by atoms with Crippen molar-refractivity contribution in [3.63, 3.8) is 0 Å². The molecule has 1 aromatic carbocycles. The highest BCUT2D eigenvalue weighted by atomic mass is 16.5. The van der Waals surface area contributed by atoms with Gasteiger partial charge in [-0.15, -0.1) is 0 Å². The Labute approximate surface area is 134 Å². The number of H-pyrrole nitrogens is 1. The number of aromatic nitrogens is 3. The van der Waals surface area contributed by atoms with Crippen molar-refractivity contribution in [2.24, 2.45) is 0 Å². The first-order chi connectivity index (χ1) is 11.3. The van der Waals surface area contributed by atoms with E-state index in [-0.39, 0.29) is 5.91 Å². The van der Waals surface area contributed by atoms with Crippen molar-refractivity contribution in [2.45, 2.75) is 6.04 Å². The van der Waals surface area contributed by atoms with E-state index in [4.69, 9.17) is 4.74 Å². The van der Waals surface area contributed by atoms with Crippen LogP contribution in [0.3, 0.4) is 0 Å². The summed E-state index contributed by atoms with van der Waals surface area (Å²) >= 11 is 0. The van der Waals surface area contributed by atoms with E-state index in [9.17, 15) is 4.79 Å². The van der Waals surface area contributed by atoms with Gasteiger partial charge < -0.3 is 9.64 Å². The molecule has 0 aliphatic carbocycles. The third-order valence-electron chi connectivity index (χ3n) is 4.53. The maximum Gasteiger partial charge on any atom is 0.253 e. The van der Waals surface area contributed by atoms with Gasteiger partial charge in [-0.2, -0.15) is 5.10 Å². The maximum absolute atomic E-state index is 12.5. The van der Waals surface area contributed by atoms with Gasteiger partial charge in [0.25, 0.3) is 5.91 Å². The fourth-order valence-corrected chi connectivity index (χ4v) is 3.09. The van der Waals surface area contributed by atoms with E-state index < -0.39 is 0 Å². The molecule has 2 aromatic rings. The SMILES string of the molecule is O=C(c1ccc(-c2ncn[nH]2)cc1)N1CC(N2CCOCC2)C1. The van der Waals surface area contributed by atoms with E-state index >= 15 is 0 Å². The van der Waals surface area contributed by atoms with Gasteiger partial charge in [0.1, 0.15) is 6.33 Å². The summed E-state index contributed by atoms with van der Waals surface area (Å²) in [5.74, 6) is 0.805. The molecule has 2 aliphatic heterocycles. The number of nitrogens with one attached hydrogen (secondary N) is 1. The number of carbonyl (C=O) groups excluding carboxylic acids is 1. The average Bonchev–Trinajstić information content (AvgIpc) is 3.09. The molecular formula is C16H19N5O2. The lowest BCUT2D eigenvalue weighted by molar-refractivity contribution is -0.0256. The molecule has 120 valence electrons. The number of likely N-dealkylation sites (tertiary alicyclic amines) is 1. The highest BCUT2D eigenvalue weighted by molar-refractivity contribution is 5.95. The summed E-state index contributed by atoms with van der Waals surface area (Å²) in [6, 6.07) is 7.97. The summed E-state index contributed by atoms with van der Waals surface area (Å²) in [4.78, 5) is 20.9. The molecule has 0 radical (unpaired) electrons. The number of ether oxygens (including phenoxy) is 1. The molecular weight excluding hydrogens is 294 g/mol. The Hall–Kier alpha value is -2.25. The van der Waals surface area contributed by atoms with Gasteiger partial charge in [-0.25, -0.2) is 4.98 Å². The molecule has 0 atom stereocenters. The Morgan fingerprint density at radius 1 is 1.17 bits per heavy atom. The Bertz CT molecular complexity index is 658. The van der Waals surface area contributed by atoms with Crippen LogP contribution in [0.5, 0.6) is 0 Å². The average molecular weight is 313 g/mol. The number of benzene rings is 1. The van der Waals surface area contributed by atoms with Gasteiger partial charge in [0, 0.05) is 43.3 Å². The Morgan fingerprint density at radius 2 is 1.91 bits per heavy atom. The van der Waals surface area contributed by atoms with E-state index in [1.807, 2.05) is 29.2 Å². The maximum atomic E-state index is 12.5. The van der Waals surface area contributed by atoms with Gasteiger partial charge in [-0.1, -0.05) is 12.1 Å². The normalized spacial score (nSPS) is 19.6. The van der Waals surface area contributed by atoms with E-state index in [0.717, 1.165) is 45.0 Å². The van der Waals surface area contributed by atoms with E-state index in [0.29, 0.717) is 17.4 Å². The first-order valence-electron chi connectivity index (χ1n) is 7.88. The molecule has 7 nitrogen and oxygen atoms in total. The summed E-state index contributed by atoms with van der Waals surface area (Å²) in [5, 5.41) is 6.65. The summed E-state index contributed by atoms with van der Waals surface area (Å²) < 4.78 is 5.37. The Kier molecular flexibility index (Phi) is 3.80. The van der Waals surface area contributed by atoms with Crippen molar-refractivity contribution in [1.82, 2.24) is 25.0 Å². The van der Waals surface area contributed by atoms with Crippen molar-refractivity contribution < 1.29 is 9.53 Å². The lowest BCUT2D eigenvalue weighted by Gasteiger charge is -2.46. The fraction of sp³-hybridized carbons (Fsp3) is 0.438. The van der Waals surface area contributed by atoms with E-state index in [2.05, 4.69) is 20.1 Å². The highest BCUT2D eigenvalue weighted by Crippen LogP contribution is 2.21. The number of rotatable bonds is 3. The van der Waals surface area contributed by atoms with Crippen molar-refractivity contribution in [1.29, 1.82) is 0 Å². The van der Waals surface area contributed by atoms with Crippen LogP contribution in [0.1, 0.15) is 10.4 Å². The van der Waals surface area contributed by atoms with Crippen molar-refractivity contribution in [3.05, 3.63) is 36.2 Å². The predicted octanol–water partition coefficient (Wildman–Crippen LogP) is 0.628. The number of aromatic amines is 1. The number of amides is 1. The van der Waals surface area contributed by atoms with Gasteiger partial charge >= 0.3 is 0 Å². The first-order valence-corrected chi connectivity index (χ1v) is 7.88. The minimum Gasteiger partial charge on any atom is -0.379 e. The molecule has 0 saturated carbocycles. The fourth-order valence-electron chi connectivity index (χ4n) is 3.09. The molecule has 3 heterocycles. The van der Waals surface area contributed by atoms with Crippen LogP contribution in [0, 0.1) is 0 Å². The molecule has 1 aromatic heterocycles. The minimum absolute atomic E-state index is 0.0960. The third-order valence-corrected chi connectivity index (χ3v) is 4.53. The second-order valence-electron chi connectivity index (χ2n) is 5.92. The zero-order valence-corrected chi connectivity index (χ0v) is 12.8. The van der Waals surface area contributed by atoms with Crippen LogP contribution in [0.25, 0.3) is 11.4 Å². The number of morpholine rings is 1. The van der Waals surface area contributed by atoms with Crippen LogP contribution in [0.15, 0.2) is 30.6 Å². The van der Waals surface area contributed by atoms with Crippen LogP contribution in [-0.4, -0.2) is 76.3 Å². The second-order valence-corrected chi connectivity index (χ2v) is 5.92. The molecule has 7 heteroatoms. The molecule has 1 amide bonds. The van der Waals surface area contributed by atoms with Crippen LogP contribution < -0.4 is 0 Å². The van der Waals surface area contributed by atoms with Crippen LogP contribution >= 0.6 is 0 Å². The standard InChI is InChI=1S/C16H19N5O2/c22-16(21-9-14(10-21)20-5-7-23-8-6-20)13-3-1-12(2-4-13)15-17-11-18-19-15/h1-4,11,14H,5-10H2,(H,17,18,19). The topological polar surface area (TPSA) is 74.4 Å². The largest absolute Gasteiger partial charge is 0.379 e. The van der Waals surface area contributed by atoms with Gasteiger partial charge in [0.05, 0.1) is 13.2 Å². The molecule has 2 fully saturated rings. The molecule has 0 bridgehead atoms. The summed E-state index contributed by atoms with van der Waals surface area (Å²) in [7, 11) is 0. The third kappa shape index (κ3) is 2.85. The molecule has 4 rings (SSSR count). The number of nitrogens with zero attached hydrogens (tertiary/aromatic N) is 4. The summed E-state index contributed by atoms with van der Waals surface area (Å²) in [6.07, 6.45) is 1.47. The minimum atomic E-state index is 0.0960.